The molecule has 0 aliphatic rings. The van der Waals surface area contributed by atoms with E-state index in [2.05, 4.69) is 51.7 Å². The average Bonchev–Trinajstić information content (AvgIpc) is 2.68. The van der Waals surface area contributed by atoms with Crippen LogP contribution in [-0.2, 0) is 120 Å². The van der Waals surface area contributed by atoms with Gasteiger partial charge >= 0.3 is 249 Å². The van der Waals surface area contributed by atoms with Crippen LogP contribution in [0, 0.1) is 249 Å². The van der Waals surface area contributed by atoms with Crippen molar-refractivity contribution in [2.75, 3.05) is 0 Å². The van der Waals surface area contributed by atoms with E-state index < -0.39 is 117 Å². The zero-order valence-corrected chi connectivity index (χ0v) is 69.1. The van der Waals surface area contributed by atoms with Gasteiger partial charge in [0.15, 0.2) is 0 Å². The summed E-state index contributed by atoms with van der Waals surface area (Å²) < 4.78 is 188. The molecule has 0 aromatic carbocycles. The Kier molecular flexibility index (Phi) is 56.6. The summed E-state index contributed by atoms with van der Waals surface area (Å²) in [5, 5.41) is 0. The molecule has 0 N–H and O–H groups in total. The summed E-state index contributed by atoms with van der Waals surface area (Å²) >= 11 is 0. The Morgan fingerprint density at radius 3 is 0.257 bits per heavy atom. The fourth-order valence-corrected chi connectivity index (χ4v) is 16.8. The fourth-order valence-electron chi connectivity index (χ4n) is 1.60. The molecule has 70 heteroatoms. The molecule has 0 rings (SSSR count). The van der Waals surface area contributed by atoms with Crippen LogP contribution in [0.25, 0.3) is 0 Å². The zero-order valence-electron chi connectivity index (χ0n) is 30.3. The zero-order chi connectivity index (χ0) is 52.0. The van der Waals surface area contributed by atoms with Gasteiger partial charge in [0, 0.05) is 0 Å². The second-order valence-electron chi connectivity index (χ2n) is 7.69. The first-order chi connectivity index (χ1) is 26.5. The van der Waals surface area contributed by atoms with Gasteiger partial charge in [-0.15, -0.1) is 0 Å². The molecule has 0 fully saturated rings. The number of phosphoric acid groups is 15. The fraction of sp³-hybridized carbons (Fsp3) is 0. The van der Waals surface area contributed by atoms with Gasteiger partial charge in [0.25, 0.3) is 70.4 Å². The van der Waals surface area contributed by atoms with Crippen molar-refractivity contribution >= 4 is 117 Å². The molecular weight excluding hydrogens is 2200 g/mol. The molecule has 0 heterocycles. The summed E-state index contributed by atoms with van der Waals surface area (Å²) in [4.78, 5) is 215. The SMILES string of the molecule is O=P([O-])([O-])OP(=O)([O-])OP(=O)([O-])OP(=O)([O-])OP(=O)([O-])[O-].O=P([O-])([O-])OP(=O)([O-])OP(=O)([O-])OP(=O)([O-])OP(=O)([O-])[O-].O=P([O-])([O-])OP(=O)([O-])OP(=O)([O-])OP(=O)([O-])OP(=O)([O-])[O-].[La+3].[La+3].[La+3].[La+3].[La+3].[La+3].[La+3]. The normalized spacial score (nSPS) is 19.8. The standard InChI is InChI=1S/7La.3H7O16P5/c;;;;;;;3*1-17(2,3)13-19(7,8)15-21(11,12)16-20(9,10)14-18(4,5)6/h;;;;;;;3*(H,7,8)(H,9,10)(H,11,12)(H2,1,2,3)(H2,4,5,6)/q7*+3;;;/p-21. The van der Waals surface area contributed by atoms with Crippen LogP contribution in [0.2, 0.25) is 0 Å². The average molecular weight is 2200 g/mol. The molecule has 0 aliphatic heterocycles. The number of rotatable bonds is 24. The summed E-state index contributed by atoms with van der Waals surface area (Å²) in [6, 6.07) is 0. The van der Waals surface area contributed by atoms with E-state index in [1.807, 2.05) is 0 Å². The van der Waals surface area contributed by atoms with Crippen LogP contribution in [-0.4, -0.2) is 0 Å². The summed E-state index contributed by atoms with van der Waals surface area (Å²) in [6.07, 6.45) is 0. The van der Waals surface area contributed by atoms with E-state index in [0.29, 0.717) is 0 Å². The van der Waals surface area contributed by atoms with Gasteiger partial charge in [-0.2, -0.15) is 0 Å². The minimum absolute atomic E-state index is 0. The monoisotopic (exact) mass is 2200 g/mol. The summed E-state index contributed by atoms with van der Waals surface area (Å²) in [7, 11) is -96.2. The van der Waals surface area contributed by atoms with Crippen LogP contribution in [0.3, 0.4) is 0 Å². The number of hydrogen-bond donors (Lipinski definition) is 0. The Labute approximate surface area is 578 Å². The van der Waals surface area contributed by atoms with Crippen molar-refractivity contribution in [2.24, 2.45) is 0 Å². The van der Waals surface area contributed by atoms with Crippen molar-refractivity contribution in [1.82, 2.24) is 0 Å². The molecule has 0 bridgehead atoms. The van der Waals surface area contributed by atoms with E-state index in [1.165, 1.54) is 0 Å². The van der Waals surface area contributed by atoms with E-state index >= 15 is 0 Å². The first-order valence-electron chi connectivity index (χ1n) is 11.0. The first kappa shape index (κ1) is 102. The summed E-state index contributed by atoms with van der Waals surface area (Å²) in [5.74, 6) is 0. The second-order valence-corrected chi connectivity index (χ2v) is 28.9. The minimum atomic E-state index is -6.56. The molecule has 0 amide bonds. The predicted molar refractivity (Wildman–Crippen MR) is 127 cm³/mol. The van der Waals surface area contributed by atoms with Crippen molar-refractivity contribution in [3.05, 3.63) is 0 Å². The molecule has 0 spiro atoms. The molecule has 6 atom stereocenters. The molecular formula is La7O48P15. The van der Waals surface area contributed by atoms with Crippen LogP contribution in [0.4, 0.5) is 0 Å². The predicted octanol–water partition coefficient (Wildman–Crippen LogP) is -14.7. The van der Waals surface area contributed by atoms with Crippen LogP contribution in [0.15, 0.2) is 0 Å². The third-order valence-corrected chi connectivity index (χ3v) is 21.6. The molecule has 0 saturated carbocycles. The van der Waals surface area contributed by atoms with Crippen LogP contribution < -0.4 is 103 Å². The summed E-state index contributed by atoms with van der Waals surface area (Å²) in [5.41, 5.74) is 0. The minimum Gasteiger partial charge on any atom is -0.790 e. The summed E-state index contributed by atoms with van der Waals surface area (Å²) in [6.45, 7) is 0. The Bertz CT molecular complexity index is 1930. The largest absolute Gasteiger partial charge is 3.00 e. The molecule has 384 valence electrons. The van der Waals surface area contributed by atoms with Crippen molar-refractivity contribution in [2.45, 2.75) is 0 Å². The third-order valence-electron chi connectivity index (χ3n) is 2.40. The number of hydrogen-bond acceptors (Lipinski definition) is 48. The Balaban J connectivity index is -0.0000000918. The Hall–Kier alpha value is 10.5. The maximum absolute atomic E-state index is 10.7. The van der Waals surface area contributed by atoms with Crippen molar-refractivity contribution < 1.29 is 472 Å². The molecule has 0 radical (unpaired) electrons. The Morgan fingerprint density at radius 2 is 0.200 bits per heavy atom. The molecule has 0 aromatic rings. The van der Waals surface area contributed by atoms with E-state index in [0.717, 1.165) is 0 Å². The van der Waals surface area contributed by atoms with Gasteiger partial charge in [0.2, 0.25) is 0 Å². The molecule has 48 nitrogen and oxygen atoms in total. The van der Waals surface area contributed by atoms with Crippen molar-refractivity contribution in [3.8, 4) is 0 Å². The molecule has 0 aromatic heterocycles. The molecule has 70 heavy (non-hydrogen) atoms. The van der Waals surface area contributed by atoms with Crippen LogP contribution >= 0.6 is 117 Å². The Morgan fingerprint density at radius 1 is 0.143 bits per heavy atom. The molecule has 0 saturated heterocycles. The molecule has 6 unspecified atom stereocenters. The van der Waals surface area contributed by atoms with E-state index in [1.54, 1.807) is 0 Å². The van der Waals surface area contributed by atoms with Crippen LogP contribution in [0.5, 0.6) is 0 Å². The van der Waals surface area contributed by atoms with Gasteiger partial charge in [-0.1, -0.05) is 0 Å². The smallest absolute Gasteiger partial charge is 0.790 e. The second kappa shape index (κ2) is 38.7. The van der Waals surface area contributed by atoms with E-state index in [4.69, 9.17) is 0 Å². The van der Waals surface area contributed by atoms with Crippen molar-refractivity contribution in [3.63, 3.8) is 0 Å². The van der Waals surface area contributed by atoms with Gasteiger partial charge in [0.05, 0.1) is 46.9 Å². The van der Waals surface area contributed by atoms with E-state index in [9.17, 15) is 171 Å². The van der Waals surface area contributed by atoms with Crippen LogP contribution in [0.1, 0.15) is 0 Å². The maximum atomic E-state index is 10.7. The van der Waals surface area contributed by atoms with Gasteiger partial charge < -0.3 is 130 Å². The quantitative estimate of drug-likeness (QED) is 0.0810. The topological polar surface area (TPSA) is 851 Å². The van der Waals surface area contributed by atoms with Gasteiger partial charge in [-0.25, -0.2) is 25.9 Å². The van der Waals surface area contributed by atoms with Gasteiger partial charge in [-0.3, -0.25) is 66.9 Å². The maximum Gasteiger partial charge on any atom is 3.00 e. The van der Waals surface area contributed by atoms with Gasteiger partial charge in [-0.05, 0) is 0 Å². The van der Waals surface area contributed by atoms with Crippen molar-refractivity contribution in [1.29, 1.82) is 0 Å². The van der Waals surface area contributed by atoms with E-state index in [-0.39, 0.29) is 249 Å². The first-order valence-corrected chi connectivity index (χ1v) is 32.9. The molecule has 0 aliphatic carbocycles. The van der Waals surface area contributed by atoms with Gasteiger partial charge in [0.1, 0.15) is 0 Å². The third kappa shape index (κ3) is 69.3.